The van der Waals surface area contributed by atoms with Gasteiger partial charge in [0.1, 0.15) is 11.6 Å². The van der Waals surface area contributed by atoms with Gasteiger partial charge in [0.05, 0.1) is 10.9 Å². The van der Waals surface area contributed by atoms with Crippen molar-refractivity contribution in [3.63, 3.8) is 0 Å². The molecule has 0 radical (unpaired) electrons. The number of rotatable bonds is 5. The van der Waals surface area contributed by atoms with Crippen LogP contribution < -0.4 is 0 Å². The highest BCUT2D eigenvalue weighted by Crippen LogP contribution is 2.41. The molecule has 6 nitrogen and oxygen atoms in total. The van der Waals surface area contributed by atoms with Crippen LogP contribution in [0.3, 0.4) is 0 Å². The Bertz CT molecular complexity index is 1180. The lowest BCUT2D eigenvalue weighted by Crippen LogP contribution is -2.47. The first-order valence-electron chi connectivity index (χ1n) is 10.4. The number of hydrogen-bond acceptors (Lipinski definition) is 6. The molecule has 5 rings (SSSR count). The van der Waals surface area contributed by atoms with Gasteiger partial charge < -0.3 is 5.11 Å². The number of piperazine rings is 1. The summed E-state index contributed by atoms with van der Waals surface area (Å²) in [4.78, 5) is 10.3. The summed E-state index contributed by atoms with van der Waals surface area (Å²) in [5, 5.41) is 15.2. The van der Waals surface area contributed by atoms with Crippen LogP contribution in [0, 0.1) is 12.7 Å². The van der Waals surface area contributed by atoms with Gasteiger partial charge >= 0.3 is 0 Å². The van der Waals surface area contributed by atoms with Crippen molar-refractivity contribution in [2.75, 3.05) is 26.2 Å². The first-order valence-corrected chi connectivity index (χ1v) is 11.2. The third-order valence-corrected chi connectivity index (χ3v) is 6.85. The molecule has 4 aromatic rings. The Morgan fingerprint density at radius 2 is 1.74 bits per heavy atom. The third-order valence-electron chi connectivity index (χ3n) is 5.77. The lowest BCUT2D eigenvalue weighted by Gasteiger charge is -2.39. The molecule has 0 spiro atoms. The van der Waals surface area contributed by atoms with E-state index in [0.717, 1.165) is 32.7 Å². The molecular formula is C23H24FN5OS. The average molecular weight is 438 g/mol. The molecule has 1 unspecified atom stereocenters. The summed E-state index contributed by atoms with van der Waals surface area (Å²) in [6, 6.07) is 16.9. The Kier molecular flexibility index (Phi) is 5.43. The van der Waals surface area contributed by atoms with Gasteiger partial charge in [-0.3, -0.25) is 9.80 Å². The number of hydrogen-bond donors (Lipinski definition) is 1. The Labute approximate surface area is 184 Å². The molecule has 160 valence electrons. The zero-order chi connectivity index (χ0) is 21.4. The van der Waals surface area contributed by atoms with Crippen molar-refractivity contribution < 1.29 is 9.50 Å². The quantitative estimate of drug-likeness (QED) is 0.514. The van der Waals surface area contributed by atoms with Crippen molar-refractivity contribution in [1.29, 1.82) is 0 Å². The SMILES string of the molecule is Cc1nc2sc(C(c3ccccc3F)N3CCN(Cc4ccccc4)CC3)c(O)n2n1. The van der Waals surface area contributed by atoms with Crippen LogP contribution in [0.25, 0.3) is 4.96 Å². The molecule has 8 heteroatoms. The molecule has 1 aliphatic heterocycles. The Morgan fingerprint density at radius 3 is 2.45 bits per heavy atom. The number of aromatic hydroxyl groups is 1. The molecule has 0 saturated carbocycles. The predicted molar refractivity (Wildman–Crippen MR) is 119 cm³/mol. The largest absolute Gasteiger partial charge is 0.492 e. The summed E-state index contributed by atoms with van der Waals surface area (Å²) >= 11 is 1.37. The zero-order valence-corrected chi connectivity index (χ0v) is 18.1. The van der Waals surface area contributed by atoms with E-state index in [-0.39, 0.29) is 17.7 Å². The molecule has 1 fully saturated rings. The van der Waals surface area contributed by atoms with E-state index in [9.17, 15) is 9.50 Å². The van der Waals surface area contributed by atoms with Gasteiger partial charge in [0, 0.05) is 38.3 Å². The third kappa shape index (κ3) is 3.94. The van der Waals surface area contributed by atoms with Crippen molar-refractivity contribution in [3.8, 4) is 5.88 Å². The Balaban J connectivity index is 1.44. The summed E-state index contributed by atoms with van der Waals surface area (Å²) in [5.41, 5.74) is 1.86. The van der Waals surface area contributed by atoms with Crippen molar-refractivity contribution in [2.24, 2.45) is 0 Å². The van der Waals surface area contributed by atoms with Gasteiger partial charge in [-0.25, -0.2) is 9.37 Å². The molecule has 3 heterocycles. The maximum Gasteiger partial charge on any atom is 0.230 e. The van der Waals surface area contributed by atoms with Gasteiger partial charge in [0.2, 0.25) is 10.8 Å². The smallest absolute Gasteiger partial charge is 0.230 e. The second kappa shape index (κ2) is 8.37. The summed E-state index contributed by atoms with van der Waals surface area (Å²) in [5.74, 6) is 0.374. The Morgan fingerprint density at radius 1 is 1.03 bits per heavy atom. The molecule has 1 atom stereocenters. The second-order valence-electron chi connectivity index (χ2n) is 7.87. The second-order valence-corrected chi connectivity index (χ2v) is 8.87. The van der Waals surface area contributed by atoms with Crippen LogP contribution in [-0.4, -0.2) is 55.7 Å². The van der Waals surface area contributed by atoms with Gasteiger partial charge in [-0.05, 0) is 18.6 Å². The normalized spacial score (nSPS) is 16.7. The van der Waals surface area contributed by atoms with Crippen molar-refractivity contribution in [1.82, 2.24) is 24.4 Å². The fourth-order valence-electron chi connectivity index (χ4n) is 4.25. The fraction of sp³-hybridized carbons (Fsp3) is 0.304. The highest BCUT2D eigenvalue weighted by Gasteiger charge is 2.33. The average Bonchev–Trinajstić information content (AvgIpc) is 3.29. The first-order chi connectivity index (χ1) is 15.1. The number of thiazole rings is 1. The number of aryl methyl sites for hydroxylation is 1. The molecule has 1 saturated heterocycles. The summed E-state index contributed by atoms with van der Waals surface area (Å²) in [6.07, 6.45) is 0. The van der Waals surface area contributed by atoms with Crippen LogP contribution in [0.5, 0.6) is 5.88 Å². The van der Waals surface area contributed by atoms with E-state index in [1.807, 2.05) is 12.1 Å². The van der Waals surface area contributed by atoms with Crippen LogP contribution in [0.4, 0.5) is 4.39 Å². The van der Waals surface area contributed by atoms with E-state index in [2.05, 4.69) is 44.1 Å². The van der Waals surface area contributed by atoms with Crippen molar-refractivity contribution in [2.45, 2.75) is 19.5 Å². The lowest BCUT2D eigenvalue weighted by molar-refractivity contribution is 0.103. The minimum absolute atomic E-state index is 0.0422. The van der Waals surface area contributed by atoms with Crippen LogP contribution >= 0.6 is 11.3 Å². The molecule has 1 N–H and O–H groups in total. The van der Waals surface area contributed by atoms with Gasteiger partial charge in [0.25, 0.3) is 0 Å². The minimum Gasteiger partial charge on any atom is -0.492 e. The van der Waals surface area contributed by atoms with E-state index in [0.29, 0.717) is 21.2 Å². The standard InChI is InChI=1S/C23H24FN5OS/c1-16-25-23-29(26-16)22(30)21(31-23)20(18-9-5-6-10-19(18)24)28-13-11-27(12-14-28)15-17-7-3-2-4-8-17/h2-10,20,30H,11-15H2,1H3. The fourth-order valence-corrected chi connectivity index (χ4v) is 5.40. The number of nitrogens with zero attached hydrogens (tertiary/aromatic N) is 5. The number of benzene rings is 2. The highest BCUT2D eigenvalue weighted by molar-refractivity contribution is 7.17. The summed E-state index contributed by atoms with van der Waals surface area (Å²) in [7, 11) is 0. The maximum absolute atomic E-state index is 14.9. The molecule has 0 amide bonds. The zero-order valence-electron chi connectivity index (χ0n) is 17.3. The van der Waals surface area contributed by atoms with Crippen molar-refractivity contribution in [3.05, 3.63) is 82.2 Å². The summed E-state index contributed by atoms with van der Waals surface area (Å²) < 4.78 is 16.3. The van der Waals surface area contributed by atoms with Gasteiger partial charge in [0.15, 0.2) is 0 Å². The lowest BCUT2D eigenvalue weighted by atomic mass is 10.0. The van der Waals surface area contributed by atoms with Gasteiger partial charge in [-0.2, -0.15) is 4.52 Å². The van der Waals surface area contributed by atoms with E-state index in [1.54, 1.807) is 19.1 Å². The Hall–Kier alpha value is -2.81. The molecule has 0 bridgehead atoms. The first kappa shape index (κ1) is 20.1. The van der Waals surface area contributed by atoms with Crippen LogP contribution in [-0.2, 0) is 6.54 Å². The van der Waals surface area contributed by atoms with E-state index < -0.39 is 0 Å². The van der Waals surface area contributed by atoms with E-state index in [1.165, 1.54) is 27.5 Å². The van der Waals surface area contributed by atoms with Crippen LogP contribution in [0.1, 0.15) is 27.9 Å². The topological polar surface area (TPSA) is 56.9 Å². The molecule has 2 aromatic carbocycles. The van der Waals surface area contributed by atoms with Crippen LogP contribution in [0.2, 0.25) is 0 Å². The van der Waals surface area contributed by atoms with Gasteiger partial charge in [-0.15, -0.1) is 5.10 Å². The molecule has 2 aromatic heterocycles. The van der Waals surface area contributed by atoms with E-state index >= 15 is 0 Å². The predicted octanol–water partition coefficient (Wildman–Crippen LogP) is 3.85. The number of halogens is 1. The number of aromatic nitrogens is 3. The molecular weight excluding hydrogens is 413 g/mol. The molecule has 0 aliphatic carbocycles. The van der Waals surface area contributed by atoms with E-state index in [4.69, 9.17) is 0 Å². The van der Waals surface area contributed by atoms with Gasteiger partial charge in [-0.1, -0.05) is 59.9 Å². The number of fused-ring (bicyclic) bond motifs is 1. The monoisotopic (exact) mass is 437 g/mol. The minimum atomic E-state index is -0.381. The maximum atomic E-state index is 14.9. The highest BCUT2D eigenvalue weighted by atomic mass is 32.1. The summed E-state index contributed by atoms with van der Waals surface area (Å²) in [6.45, 7) is 6.00. The van der Waals surface area contributed by atoms with Crippen molar-refractivity contribution >= 4 is 16.3 Å². The molecule has 1 aliphatic rings. The van der Waals surface area contributed by atoms with Crippen LogP contribution in [0.15, 0.2) is 54.6 Å². The molecule has 31 heavy (non-hydrogen) atoms.